The van der Waals surface area contributed by atoms with Crippen LogP contribution < -0.4 is 10.6 Å². The van der Waals surface area contributed by atoms with E-state index in [0.29, 0.717) is 18.1 Å². The molecule has 6 nitrogen and oxygen atoms in total. The van der Waals surface area contributed by atoms with Gasteiger partial charge in [-0.1, -0.05) is 31.2 Å². The van der Waals surface area contributed by atoms with Gasteiger partial charge < -0.3 is 20.1 Å². The summed E-state index contributed by atoms with van der Waals surface area (Å²) < 4.78 is 2.19. The molecule has 0 aliphatic carbocycles. The summed E-state index contributed by atoms with van der Waals surface area (Å²) >= 11 is 5.75. The van der Waals surface area contributed by atoms with E-state index in [2.05, 4.69) is 59.0 Å². The summed E-state index contributed by atoms with van der Waals surface area (Å²) in [5, 5.41) is 7.20. The highest BCUT2D eigenvalue weighted by molar-refractivity contribution is 7.80. The zero-order valence-electron chi connectivity index (χ0n) is 19.6. The number of carbonyl (C=O) groups excluding carboxylic acids is 1. The maximum Gasteiger partial charge on any atom is 0.226 e. The van der Waals surface area contributed by atoms with Crippen molar-refractivity contribution in [2.45, 2.75) is 45.7 Å². The highest BCUT2D eigenvalue weighted by atomic mass is 32.1. The third kappa shape index (κ3) is 4.64. The van der Waals surface area contributed by atoms with Gasteiger partial charge in [0.05, 0.1) is 17.8 Å². The second kappa shape index (κ2) is 9.75. The zero-order chi connectivity index (χ0) is 23.5. The first-order valence-electron chi connectivity index (χ1n) is 11.4. The molecule has 3 heterocycles. The van der Waals surface area contributed by atoms with Crippen molar-refractivity contribution >= 4 is 28.9 Å². The van der Waals surface area contributed by atoms with Gasteiger partial charge in [0.1, 0.15) is 0 Å². The van der Waals surface area contributed by atoms with Gasteiger partial charge in [-0.15, -0.1) is 0 Å². The van der Waals surface area contributed by atoms with Crippen LogP contribution in [0.15, 0.2) is 54.7 Å². The Balaban J connectivity index is 1.58. The molecule has 1 fully saturated rings. The Morgan fingerprint density at radius 1 is 1.18 bits per heavy atom. The van der Waals surface area contributed by atoms with Crippen molar-refractivity contribution in [2.75, 3.05) is 11.9 Å². The smallest absolute Gasteiger partial charge is 0.226 e. The molecule has 1 aliphatic rings. The average molecular weight is 462 g/mol. The largest absolute Gasteiger partial charge is 0.352 e. The Hall–Kier alpha value is -3.19. The van der Waals surface area contributed by atoms with Crippen molar-refractivity contribution in [1.82, 2.24) is 19.8 Å². The first kappa shape index (κ1) is 23.0. The van der Waals surface area contributed by atoms with Gasteiger partial charge in [-0.25, -0.2) is 0 Å². The predicted molar refractivity (Wildman–Crippen MR) is 136 cm³/mol. The minimum absolute atomic E-state index is 0.0142. The zero-order valence-corrected chi connectivity index (χ0v) is 20.4. The molecule has 2 aromatic heterocycles. The standard InChI is InChI=1S/C26H31N5OS/c1-5-19-10-6-7-11-21(19)28-23(32)13-15-31-25(20-16-17(2)30(4)18(20)3)24(29-26(31)33)22-12-8-9-14-27-22/h6-12,14,16,24-25H,5,13,15H2,1-4H3,(H,28,32)(H,29,33)/t24-,25-/m1/s1. The van der Waals surface area contributed by atoms with Crippen LogP contribution >= 0.6 is 12.2 Å². The predicted octanol–water partition coefficient (Wildman–Crippen LogP) is 4.60. The molecule has 1 aromatic carbocycles. The summed E-state index contributed by atoms with van der Waals surface area (Å²) in [7, 11) is 2.08. The van der Waals surface area contributed by atoms with Crippen molar-refractivity contribution < 1.29 is 4.79 Å². The summed E-state index contributed by atoms with van der Waals surface area (Å²) in [4.78, 5) is 19.6. The molecule has 4 rings (SSSR count). The van der Waals surface area contributed by atoms with Gasteiger partial charge in [-0.05, 0) is 67.9 Å². The van der Waals surface area contributed by atoms with Crippen molar-refractivity contribution in [3.05, 3.63) is 82.9 Å². The molecular weight excluding hydrogens is 430 g/mol. The molecule has 0 bridgehead atoms. The van der Waals surface area contributed by atoms with Crippen molar-refractivity contribution in [3.8, 4) is 0 Å². The molecule has 33 heavy (non-hydrogen) atoms. The number of thiocarbonyl (C=S) groups is 1. The third-order valence-corrected chi connectivity index (χ3v) is 6.94. The quantitative estimate of drug-likeness (QED) is 0.504. The van der Waals surface area contributed by atoms with E-state index < -0.39 is 0 Å². The van der Waals surface area contributed by atoms with Gasteiger partial charge in [0.2, 0.25) is 5.91 Å². The molecule has 2 atom stereocenters. The minimum Gasteiger partial charge on any atom is -0.352 e. The van der Waals surface area contributed by atoms with Crippen LogP contribution in [0.25, 0.3) is 0 Å². The lowest BCUT2D eigenvalue weighted by atomic mass is 9.96. The van der Waals surface area contributed by atoms with Crippen molar-refractivity contribution in [3.63, 3.8) is 0 Å². The number of para-hydroxylation sites is 1. The Morgan fingerprint density at radius 2 is 1.94 bits per heavy atom. The molecule has 7 heteroatoms. The van der Waals surface area contributed by atoms with Crippen LogP contribution in [-0.2, 0) is 18.3 Å². The van der Waals surface area contributed by atoms with E-state index in [9.17, 15) is 4.79 Å². The highest BCUT2D eigenvalue weighted by Crippen LogP contribution is 2.40. The van der Waals surface area contributed by atoms with Gasteiger partial charge in [0.15, 0.2) is 5.11 Å². The normalized spacial score (nSPS) is 17.8. The Bertz CT molecular complexity index is 1160. The van der Waals surface area contributed by atoms with Crippen LogP contribution in [0.4, 0.5) is 5.69 Å². The molecule has 0 saturated carbocycles. The SMILES string of the molecule is CCc1ccccc1NC(=O)CCN1C(=S)N[C@H](c2ccccn2)[C@H]1c1cc(C)n(C)c1C. The number of benzene rings is 1. The van der Waals surface area contributed by atoms with Crippen LogP contribution in [0, 0.1) is 13.8 Å². The van der Waals surface area contributed by atoms with E-state index in [4.69, 9.17) is 12.2 Å². The van der Waals surface area contributed by atoms with Gasteiger partial charge in [0, 0.05) is 43.3 Å². The number of nitrogens with zero attached hydrogens (tertiary/aromatic N) is 3. The van der Waals surface area contributed by atoms with Crippen LogP contribution in [0.1, 0.15) is 53.6 Å². The third-order valence-electron chi connectivity index (χ3n) is 6.58. The topological polar surface area (TPSA) is 62.2 Å². The number of carbonyl (C=O) groups is 1. The van der Waals surface area contributed by atoms with Gasteiger partial charge in [-0.3, -0.25) is 9.78 Å². The molecule has 0 unspecified atom stereocenters. The first-order valence-corrected chi connectivity index (χ1v) is 11.8. The monoisotopic (exact) mass is 461 g/mol. The van der Waals surface area contributed by atoms with E-state index in [0.717, 1.165) is 23.4 Å². The van der Waals surface area contributed by atoms with Crippen LogP contribution in [0.3, 0.4) is 0 Å². The molecule has 172 valence electrons. The van der Waals surface area contributed by atoms with Gasteiger partial charge in [0.25, 0.3) is 0 Å². The molecule has 1 saturated heterocycles. The van der Waals surface area contributed by atoms with Crippen LogP contribution in [0.2, 0.25) is 0 Å². The summed E-state index contributed by atoms with van der Waals surface area (Å²) in [6.07, 6.45) is 3.02. The number of aryl methyl sites for hydroxylation is 2. The Labute approximate surface area is 201 Å². The van der Waals surface area contributed by atoms with E-state index in [1.54, 1.807) is 0 Å². The van der Waals surface area contributed by atoms with Crippen molar-refractivity contribution in [1.29, 1.82) is 0 Å². The van der Waals surface area contributed by atoms with E-state index in [1.165, 1.54) is 17.0 Å². The van der Waals surface area contributed by atoms with Gasteiger partial charge >= 0.3 is 0 Å². The van der Waals surface area contributed by atoms with E-state index >= 15 is 0 Å². The van der Waals surface area contributed by atoms with Crippen LogP contribution in [0.5, 0.6) is 0 Å². The molecule has 1 aliphatic heterocycles. The minimum atomic E-state index is -0.0805. The summed E-state index contributed by atoms with van der Waals surface area (Å²) in [5.74, 6) is -0.0142. The van der Waals surface area contributed by atoms with E-state index in [-0.39, 0.29) is 18.0 Å². The fraction of sp³-hybridized carbons (Fsp3) is 0.346. The fourth-order valence-electron chi connectivity index (χ4n) is 4.55. The molecular formula is C26H31N5OS. The van der Waals surface area contributed by atoms with Crippen molar-refractivity contribution in [2.24, 2.45) is 7.05 Å². The Morgan fingerprint density at radius 3 is 2.61 bits per heavy atom. The second-order valence-electron chi connectivity index (χ2n) is 8.51. The molecule has 1 amide bonds. The number of rotatable bonds is 7. The summed E-state index contributed by atoms with van der Waals surface area (Å²) in [6.45, 7) is 6.85. The second-order valence-corrected chi connectivity index (χ2v) is 8.90. The highest BCUT2D eigenvalue weighted by Gasteiger charge is 2.41. The molecule has 2 N–H and O–H groups in total. The number of amides is 1. The number of aromatic nitrogens is 2. The Kier molecular flexibility index (Phi) is 6.79. The van der Waals surface area contributed by atoms with Crippen LogP contribution in [-0.4, -0.2) is 32.0 Å². The number of hydrogen-bond acceptors (Lipinski definition) is 3. The maximum absolute atomic E-state index is 12.8. The number of nitrogens with one attached hydrogen (secondary N) is 2. The fourth-order valence-corrected chi connectivity index (χ4v) is 4.89. The lowest BCUT2D eigenvalue weighted by Gasteiger charge is -2.28. The molecule has 0 radical (unpaired) electrons. The lowest BCUT2D eigenvalue weighted by molar-refractivity contribution is -0.116. The lowest BCUT2D eigenvalue weighted by Crippen LogP contribution is -2.33. The molecule has 3 aromatic rings. The maximum atomic E-state index is 12.8. The number of anilines is 1. The first-order chi connectivity index (χ1) is 15.9. The number of pyridine rings is 1. The summed E-state index contributed by atoms with van der Waals surface area (Å²) in [6, 6.07) is 16.0. The average Bonchev–Trinajstić information content (AvgIpc) is 3.29. The number of hydrogen-bond donors (Lipinski definition) is 2. The summed E-state index contributed by atoms with van der Waals surface area (Å²) in [5.41, 5.74) is 6.53. The van der Waals surface area contributed by atoms with Gasteiger partial charge in [-0.2, -0.15) is 0 Å². The van der Waals surface area contributed by atoms with E-state index in [1.807, 2.05) is 48.7 Å². The molecule has 0 spiro atoms.